The van der Waals surface area contributed by atoms with Gasteiger partial charge < -0.3 is 14.6 Å². The number of fused-ring (bicyclic) bond motifs is 1. The van der Waals surface area contributed by atoms with Gasteiger partial charge in [0, 0.05) is 30.1 Å². The summed E-state index contributed by atoms with van der Waals surface area (Å²) in [5, 5.41) is 3.56. The van der Waals surface area contributed by atoms with Gasteiger partial charge in [-0.2, -0.15) is 0 Å². The number of carbonyl (C=O) groups is 1. The number of imidazole rings is 1. The van der Waals surface area contributed by atoms with Crippen LogP contribution in [0.25, 0.3) is 11.0 Å². The number of ether oxygens (including phenoxy) is 1. The molecule has 0 atom stereocenters. The van der Waals surface area contributed by atoms with Gasteiger partial charge in [0.2, 0.25) is 0 Å². The predicted octanol–water partition coefficient (Wildman–Crippen LogP) is 7.31. The standard InChI is InChI=1S/C31H36ClN3O2/c1-23-16-17-27(21-24(23)2)37-20-9-8-19-35-29-14-6-5-13-28(29)34-30(35)15-4-3-7-18-33-31(36)25-11-10-12-26(32)22-25/h5-6,10-14,16-17,21-22H,3-4,7-9,15,18-20H2,1-2H3,(H,33,36). The van der Waals surface area contributed by atoms with Crippen molar-refractivity contribution in [3.8, 4) is 5.75 Å². The SMILES string of the molecule is Cc1ccc(OCCCCn2c(CCCCCNC(=O)c3cccc(Cl)c3)nc3ccccc32)cc1C. The minimum atomic E-state index is -0.0780. The maximum Gasteiger partial charge on any atom is 0.251 e. The molecule has 0 saturated heterocycles. The van der Waals surface area contributed by atoms with Gasteiger partial charge in [0.1, 0.15) is 11.6 Å². The zero-order valence-electron chi connectivity index (χ0n) is 21.8. The molecule has 1 amide bonds. The molecule has 3 aromatic carbocycles. The molecule has 4 aromatic rings. The first kappa shape index (κ1) is 26.7. The summed E-state index contributed by atoms with van der Waals surface area (Å²) in [4.78, 5) is 17.2. The van der Waals surface area contributed by atoms with Crippen molar-refractivity contribution in [3.63, 3.8) is 0 Å². The second-order valence-electron chi connectivity index (χ2n) is 9.55. The largest absolute Gasteiger partial charge is 0.494 e. The number of aromatic nitrogens is 2. The molecule has 0 saturated carbocycles. The first-order valence-electron chi connectivity index (χ1n) is 13.2. The van der Waals surface area contributed by atoms with Crippen LogP contribution in [-0.4, -0.2) is 28.6 Å². The molecular formula is C31H36ClN3O2. The molecule has 0 aliphatic heterocycles. The minimum Gasteiger partial charge on any atom is -0.494 e. The summed E-state index contributed by atoms with van der Waals surface area (Å²) in [6.45, 7) is 6.53. The first-order chi connectivity index (χ1) is 18.0. The predicted molar refractivity (Wildman–Crippen MR) is 152 cm³/mol. The number of rotatable bonds is 13. The van der Waals surface area contributed by atoms with Crippen LogP contribution in [0.5, 0.6) is 5.75 Å². The number of hydrogen-bond acceptors (Lipinski definition) is 3. The van der Waals surface area contributed by atoms with Gasteiger partial charge in [0.05, 0.1) is 17.6 Å². The van der Waals surface area contributed by atoms with Crippen molar-refractivity contribution in [2.45, 2.75) is 58.9 Å². The highest BCUT2D eigenvalue weighted by Gasteiger charge is 2.10. The maximum absolute atomic E-state index is 12.3. The molecule has 0 unspecified atom stereocenters. The van der Waals surface area contributed by atoms with Gasteiger partial charge in [0.15, 0.2) is 0 Å². The minimum absolute atomic E-state index is 0.0780. The van der Waals surface area contributed by atoms with E-state index in [-0.39, 0.29) is 5.91 Å². The van der Waals surface area contributed by atoms with Crippen LogP contribution < -0.4 is 10.1 Å². The molecule has 37 heavy (non-hydrogen) atoms. The van der Waals surface area contributed by atoms with Gasteiger partial charge in [0.25, 0.3) is 5.91 Å². The second kappa shape index (κ2) is 13.3. The van der Waals surface area contributed by atoms with Crippen LogP contribution in [0.15, 0.2) is 66.7 Å². The van der Waals surface area contributed by atoms with Gasteiger partial charge in [-0.3, -0.25) is 4.79 Å². The van der Waals surface area contributed by atoms with Crippen LogP contribution in [0.4, 0.5) is 0 Å². The number of halogens is 1. The lowest BCUT2D eigenvalue weighted by atomic mass is 10.1. The lowest BCUT2D eigenvalue weighted by Gasteiger charge is -2.11. The summed E-state index contributed by atoms with van der Waals surface area (Å²) in [7, 11) is 0. The number of nitrogens with one attached hydrogen (secondary N) is 1. The molecule has 0 radical (unpaired) electrons. The Labute approximate surface area is 224 Å². The zero-order valence-corrected chi connectivity index (χ0v) is 22.6. The molecular weight excluding hydrogens is 482 g/mol. The first-order valence-corrected chi connectivity index (χ1v) is 13.6. The maximum atomic E-state index is 12.3. The van der Waals surface area contributed by atoms with Crippen molar-refractivity contribution >= 4 is 28.5 Å². The van der Waals surface area contributed by atoms with E-state index >= 15 is 0 Å². The van der Waals surface area contributed by atoms with Gasteiger partial charge >= 0.3 is 0 Å². The molecule has 4 rings (SSSR count). The third-order valence-electron chi connectivity index (χ3n) is 6.71. The van der Waals surface area contributed by atoms with Crippen molar-refractivity contribution in [2.24, 2.45) is 0 Å². The van der Waals surface area contributed by atoms with Crippen LogP contribution in [0.2, 0.25) is 5.02 Å². The second-order valence-corrected chi connectivity index (χ2v) is 9.98. The van der Waals surface area contributed by atoms with E-state index in [4.69, 9.17) is 21.3 Å². The van der Waals surface area contributed by atoms with Gasteiger partial charge in [-0.05, 0) is 93.1 Å². The summed E-state index contributed by atoms with van der Waals surface area (Å²) in [6.07, 6.45) is 5.95. The molecule has 0 bridgehead atoms. The molecule has 6 heteroatoms. The van der Waals surface area contributed by atoms with Crippen LogP contribution in [0.3, 0.4) is 0 Å². The Morgan fingerprint density at radius 2 is 1.78 bits per heavy atom. The van der Waals surface area contributed by atoms with Gasteiger partial charge in [-0.15, -0.1) is 0 Å². The highest BCUT2D eigenvalue weighted by molar-refractivity contribution is 6.30. The fraction of sp³-hybridized carbons (Fsp3) is 0.355. The van der Waals surface area contributed by atoms with Crippen LogP contribution in [-0.2, 0) is 13.0 Å². The fourth-order valence-corrected chi connectivity index (χ4v) is 4.64. The molecule has 5 nitrogen and oxygen atoms in total. The number of hydrogen-bond donors (Lipinski definition) is 1. The monoisotopic (exact) mass is 517 g/mol. The normalized spacial score (nSPS) is 11.1. The topological polar surface area (TPSA) is 56.1 Å². The fourth-order valence-electron chi connectivity index (χ4n) is 4.45. The van der Waals surface area contributed by atoms with Crippen LogP contribution in [0.1, 0.15) is 59.4 Å². The summed E-state index contributed by atoms with van der Waals surface area (Å²) in [5.41, 5.74) is 5.39. The lowest BCUT2D eigenvalue weighted by molar-refractivity contribution is 0.0953. The summed E-state index contributed by atoms with van der Waals surface area (Å²) in [5.74, 6) is 2.01. The van der Waals surface area contributed by atoms with E-state index in [1.165, 1.54) is 16.6 Å². The van der Waals surface area contributed by atoms with Crippen LogP contribution >= 0.6 is 11.6 Å². The molecule has 0 aliphatic rings. The quantitative estimate of drug-likeness (QED) is 0.189. The number of carbonyl (C=O) groups excluding carboxylic acids is 1. The van der Waals surface area contributed by atoms with Gasteiger partial charge in [-0.25, -0.2) is 4.98 Å². The van der Waals surface area contributed by atoms with E-state index in [9.17, 15) is 4.79 Å². The molecule has 0 spiro atoms. The number of unbranched alkanes of at least 4 members (excludes halogenated alkanes) is 3. The third-order valence-corrected chi connectivity index (χ3v) is 6.94. The summed E-state index contributed by atoms with van der Waals surface area (Å²) < 4.78 is 8.34. The Morgan fingerprint density at radius 1 is 0.919 bits per heavy atom. The molecule has 0 aliphatic carbocycles. The van der Waals surface area contributed by atoms with E-state index in [2.05, 4.69) is 54.1 Å². The highest BCUT2D eigenvalue weighted by atomic mass is 35.5. The number of aryl methyl sites for hydroxylation is 4. The van der Waals surface area contributed by atoms with Crippen molar-refractivity contribution in [1.82, 2.24) is 14.9 Å². The Hall–Kier alpha value is -3.31. The molecule has 194 valence electrons. The average Bonchev–Trinajstić information content (AvgIpc) is 3.25. The van der Waals surface area contributed by atoms with E-state index in [1.807, 2.05) is 12.1 Å². The van der Waals surface area contributed by atoms with Crippen molar-refractivity contribution in [3.05, 3.63) is 94.3 Å². The van der Waals surface area contributed by atoms with Gasteiger partial charge in [-0.1, -0.05) is 42.3 Å². The Morgan fingerprint density at radius 3 is 2.62 bits per heavy atom. The summed E-state index contributed by atoms with van der Waals surface area (Å²) >= 11 is 5.98. The van der Waals surface area contributed by atoms with E-state index in [0.717, 1.165) is 62.2 Å². The van der Waals surface area contributed by atoms with E-state index in [1.54, 1.807) is 24.3 Å². The molecule has 1 aromatic heterocycles. The molecule has 0 fully saturated rings. The Kier molecular flexibility index (Phi) is 9.61. The summed E-state index contributed by atoms with van der Waals surface area (Å²) in [6, 6.07) is 21.7. The number of benzene rings is 3. The highest BCUT2D eigenvalue weighted by Crippen LogP contribution is 2.20. The average molecular weight is 518 g/mol. The van der Waals surface area contributed by atoms with E-state index in [0.29, 0.717) is 23.7 Å². The Balaban J connectivity index is 1.22. The number of amides is 1. The van der Waals surface area contributed by atoms with Crippen molar-refractivity contribution < 1.29 is 9.53 Å². The van der Waals surface area contributed by atoms with Crippen LogP contribution in [0, 0.1) is 13.8 Å². The smallest absolute Gasteiger partial charge is 0.251 e. The number of para-hydroxylation sites is 2. The molecule has 1 heterocycles. The third kappa shape index (κ3) is 7.59. The van der Waals surface area contributed by atoms with E-state index < -0.39 is 0 Å². The lowest BCUT2D eigenvalue weighted by Crippen LogP contribution is -2.24. The van der Waals surface area contributed by atoms with Crippen molar-refractivity contribution in [2.75, 3.05) is 13.2 Å². The number of nitrogens with zero attached hydrogens (tertiary/aromatic N) is 2. The molecule has 1 N–H and O–H groups in total. The van der Waals surface area contributed by atoms with Crippen molar-refractivity contribution in [1.29, 1.82) is 0 Å². The zero-order chi connectivity index (χ0) is 26.0. The Bertz CT molecular complexity index is 1330.